The third kappa shape index (κ3) is 3.66. The largest absolute Gasteiger partial charge is 0.243 e. The van der Waals surface area contributed by atoms with Crippen LogP contribution in [0.4, 0.5) is 4.39 Å². The monoisotopic (exact) mass is 279 g/mol. The molecule has 0 atom stereocenters. The zero-order valence-corrected chi connectivity index (χ0v) is 11.1. The summed E-state index contributed by atoms with van der Waals surface area (Å²) in [5.74, 6) is -0.345. The van der Waals surface area contributed by atoms with Crippen molar-refractivity contribution in [1.82, 2.24) is 4.31 Å². The minimum atomic E-state index is -3.64. The zero-order chi connectivity index (χ0) is 12.9. The fourth-order valence-corrected chi connectivity index (χ4v) is 3.34. The standard InChI is InChI=1S/C11H15ClFNO2S/c1-2-7-14(8-6-12)17(15,16)11-5-3-4-10(13)9-11/h3-5,9H,2,6-8H2,1H3. The van der Waals surface area contributed by atoms with Gasteiger partial charge in [-0.25, -0.2) is 12.8 Å². The third-order valence-corrected chi connectivity index (χ3v) is 4.30. The molecular formula is C11H15ClFNO2S. The minimum Gasteiger partial charge on any atom is -0.207 e. The van der Waals surface area contributed by atoms with Crippen molar-refractivity contribution in [3.05, 3.63) is 30.1 Å². The molecule has 0 fully saturated rings. The summed E-state index contributed by atoms with van der Waals surface area (Å²) < 4.78 is 38.6. The number of benzene rings is 1. The number of nitrogens with zero attached hydrogens (tertiary/aromatic N) is 1. The summed E-state index contributed by atoms with van der Waals surface area (Å²) in [5, 5.41) is 0. The summed E-state index contributed by atoms with van der Waals surface area (Å²) in [6, 6.07) is 5.00. The Morgan fingerprint density at radius 1 is 1.35 bits per heavy atom. The van der Waals surface area contributed by atoms with Crippen molar-refractivity contribution >= 4 is 21.6 Å². The van der Waals surface area contributed by atoms with E-state index < -0.39 is 15.8 Å². The maximum absolute atomic E-state index is 13.0. The van der Waals surface area contributed by atoms with Crippen LogP contribution in [0.3, 0.4) is 0 Å². The van der Waals surface area contributed by atoms with Crippen molar-refractivity contribution in [3.63, 3.8) is 0 Å². The van der Waals surface area contributed by atoms with Gasteiger partial charge in [0.05, 0.1) is 4.90 Å². The van der Waals surface area contributed by atoms with Gasteiger partial charge in [-0.15, -0.1) is 11.6 Å². The summed E-state index contributed by atoms with van der Waals surface area (Å²) in [7, 11) is -3.64. The smallest absolute Gasteiger partial charge is 0.207 e. The van der Waals surface area contributed by atoms with Crippen LogP contribution in [-0.4, -0.2) is 31.7 Å². The quantitative estimate of drug-likeness (QED) is 0.750. The van der Waals surface area contributed by atoms with Gasteiger partial charge in [0.1, 0.15) is 5.82 Å². The van der Waals surface area contributed by atoms with Crippen LogP contribution in [0.5, 0.6) is 0 Å². The molecule has 1 rings (SSSR count). The number of hydrogen-bond donors (Lipinski definition) is 0. The maximum Gasteiger partial charge on any atom is 0.243 e. The lowest BCUT2D eigenvalue weighted by Crippen LogP contribution is -2.33. The Morgan fingerprint density at radius 3 is 2.59 bits per heavy atom. The molecule has 0 amide bonds. The Morgan fingerprint density at radius 2 is 2.06 bits per heavy atom. The summed E-state index contributed by atoms with van der Waals surface area (Å²) >= 11 is 5.58. The summed E-state index contributed by atoms with van der Waals surface area (Å²) in [6.45, 7) is 2.49. The van der Waals surface area contributed by atoms with E-state index in [2.05, 4.69) is 0 Å². The fourth-order valence-electron chi connectivity index (χ4n) is 1.47. The van der Waals surface area contributed by atoms with Gasteiger partial charge in [-0.3, -0.25) is 0 Å². The second-order valence-corrected chi connectivity index (χ2v) is 5.87. The van der Waals surface area contributed by atoms with Gasteiger partial charge in [0.2, 0.25) is 10.0 Å². The van der Waals surface area contributed by atoms with Gasteiger partial charge in [-0.2, -0.15) is 4.31 Å². The van der Waals surface area contributed by atoms with Gasteiger partial charge >= 0.3 is 0 Å². The molecule has 17 heavy (non-hydrogen) atoms. The van der Waals surface area contributed by atoms with Crippen LogP contribution in [0.15, 0.2) is 29.2 Å². The number of sulfonamides is 1. The molecule has 0 aliphatic heterocycles. The van der Waals surface area contributed by atoms with E-state index >= 15 is 0 Å². The third-order valence-electron chi connectivity index (χ3n) is 2.24. The predicted octanol–water partition coefficient (Wildman–Crippen LogP) is 2.47. The second kappa shape index (κ2) is 6.33. The zero-order valence-electron chi connectivity index (χ0n) is 9.57. The normalized spacial score (nSPS) is 12.0. The van der Waals surface area contributed by atoms with Gasteiger partial charge in [-0.05, 0) is 24.6 Å². The first-order valence-electron chi connectivity index (χ1n) is 5.34. The molecule has 1 aromatic carbocycles. The van der Waals surface area contributed by atoms with E-state index in [0.717, 1.165) is 6.07 Å². The van der Waals surface area contributed by atoms with Gasteiger partial charge in [0.25, 0.3) is 0 Å². The van der Waals surface area contributed by atoms with E-state index in [1.807, 2.05) is 6.92 Å². The lowest BCUT2D eigenvalue weighted by atomic mass is 10.4. The molecule has 96 valence electrons. The highest BCUT2D eigenvalue weighted by atomic mass is 35.5. The molecule has 6 heteroatoms. The van der Waals surface area contributed by atoms with Gasteiger partial charge in [-0.1, -0.05) is 13.0 Å². The molecule has 0 N–H and O–H groups in total. The summed E-state index contributed by atoms with van der Waals surface area (Å²) in [4.78, 5) is -0.0314. The number of hydrogen-bond acceptors (Lipinski definition) is 2. The highest BCUT2D eigenvalue weighted by Gasteiger charge is 2.23. The van der Waals surface area contributed by atoms with E-state index in [1.165, 1.54) is 22.5 Å². The van der Waals surface area contributed by atoms with Gasteiger partial charge in [0, 0.05) is 19.0 Å². The first-order valence-corrected chi connectivity index (χ1v) is 7.31. The molecule has 0 heterocycles. The van der Waals surface area contributed by atoms with Crippen LogP contribution >= 0.6 is 11.6 Å². The van der Waals surface area contributed by atoms with Gasteiger partial charge in [0.15, 0.2) is 0 Å². The van der Waals surface area contributed by atoms with Crippen LogP contribution < -0.4 is 0 Å². The Hall–Kier alpha value is -0.650. The lowest BCUT2D eigenvalue weighted by molar-refractivity contribution is 0.428. The van der Waals surface area contributed by atoms with E-state index in [0.29, 0.717) is 13.0 Å². The van der Waals surface area contributed by atoms with E-state index in [1.54, 1.807) is 0 Å². The van der Waals surface area contributed by atoms with Crippen molar-refractivity contribution in [2.45, 2.75) is 18.2 Å². The molecule has 0 aliphatic carbocycles. The first-order chi connectivity index (χ1) is 8.02. The van der Waals surface area contributed by atoms with Crippen LogP contribution in [-0.2, 0) is 10.0 Å². The van der Waals surface area contributed by atoms with Crippen molar-refractivity contribution in [2.24, 2.45) is 0 Å². The number of halogens is 2. The van der Waals surface area contributed by atoms with E-state index in [4.69, 9.17) is 11.6 Å². The topological polar surface area (TPSA) is 37.4 Å². The van der Waals surface area contributed by atoms with Crippen LogP contribution in [0.25, 0.3) is 0 Å². The first kappa shape index (κ1) is 14.4. The molecule has 3 nitrogen and oxygen atoms in total. The van der Waals surface area contributed by atoms with Crippen LogP contribution in [0.2, 0.25) is 0 Å². The molecule has 0 aliphatic rings. The SMILES string of the molecule is CCCN(CCCl)S(=O)(=O)c1cccc(F)c1. The van der Waals surface area contributed by atoms with Crippen molar-refractivity contribution in [3.8, 4) is 0 Å². The summed E-state index contributed by atoms with van der Waals surface area (Å²) in [5.41, 5.74) is 0. The highest BCUT2D eigenvalue weighted by Crippen LogP contribution is 2.16. The Balaban J connectivity index is 3.07. The number of alkyl halides is 1. The van der Waals surface area contributed by atoms with Crippen LogP contribution in [0, 0.1) is 5.82 Å². The molecule has 0 aromatic heterocycles. The highest BCUT2D eigenvalue weighted by molar-refractivity contribution is 7.89. The van der Waals surface area contributed by atoms with Crippen molar-refractivity contribution in [2.75, 3.05) is 19.0 Å². The predicted molar refractivity (Wildman–Crippen MR) is 66.2 cm³/mol. The molecule has 0 saturated carbocycles. The lowest BCUT2D eigenvalue weighted by Gasteiger charge is -2.20. The Labute approximate surface area is 106 Å². The Kier molecular flexibility index (Phi) is 5.36. The molecule has 0 unspecified atom stereocenters. The average molecular weight is 280 g/mol. The van der Waals surface area contributed by atoms with E-state index in [-0.39, 0.29) is 17.3 Å². The maximum atomic E-state index is 13.0. The van der Waals surface area contributed by atoms with Crippen molar-refractivity contribution < 1.29 is 12.8 Å². The molecule has 0 spiro atoms. The molecule has 0 saturated heterocycles. The number of rotatable bonds is 6. The molecule has 0 bridgehead atoms. The molecule has 0 radical (unpaired) electrons. The summed E-state index contributed by atoms with van der Waals surface area (Å²) in [6.07, 6.45) is 0.686. The van der Waals surface area contributed by atoms with Gasteiger partial charge < -0.3 is 0 Å². The van der Waals surface area contributed by atoms with E-state index in [9.17, 15) is 12.8 Å². The van der Waals surface area contributed by atoms with Crippen molar-refractivity contribution in [1.29, 1.82) is 0 Å². The average Bonchev–Trinajstić information content (AvgIpc) is 2.29. The fraction of sp³-hybridized carbons (Fsp3) is 0.455. The molecular weight excluding hydrogens is 265 g/mol. The Bertz CT molecular complexity index is 458. The second-order valence-electron chi connectivity index (χ2n) is 3.55. The molecule has 1 aromatic rings. The van der Waals surface area contributed by atoms with Crippen LogP contribution in [0.1, 0.15) is 13.3 Å². The minimum absolute atomic E-state index is 0.0314.